The monoisotopic (exact) mass is 415 g/mol. The molecule has 0 saturated carbocycles. The molecule has 0 aliphatic rings. The van der Waals surface area contributed by atoms with Gasteiger partial charge in [0.1, 0.15) is 12.4 Å². The SMILES string of the molecule is Cc1ccc(COc2ccc(C=NNC(=O)CNC(=O)c3ccccc3C)cc2)cc1. The second-order valence-electron chi connectivity index (χ2n) is 7.13. The van der Waals surface area contributed by atoms with Crippen LogP contribution in [0.5, 0.6) is 5.75 Å². The summed E-state index contributed by atoms with van der Waals surface area (Å²) < 4.78 is 5.77. The van der Waals surface area contributed by atoms with Crippen LogP contribution in [-0.4, -0.2) is 24.6 Å². The van der Waals surface area contributed by atoms with Crippen LogP contribution in [0, 0.1) is 13.8 Å². The van der Waals surface area contributed by atoms with Crippen LogP contribution in [0.2, 0.25) is 0 Å². The third kappa shape index (κ3) is 6.82. The van der Waals surface area contributed by atoms with Gasteiger partial charge in [-0.3, -0.25) is 9.59 Å². The molecule has 3 aromatic carbocycles. The highest BCUT2D eigenvalue weighted by Gasteiger charge is 2.09. The highest BCUT2D eigenvalue weighted by atomic mass is 16.5. The highest BCUT2D eigenvalue weighted by Crippen LogP contribution is 2.14. The first kappa shape index (κ1) is 21.8. The lowest BCUT2D eigenvalue weighted by molar-refractivity contribution is -0.120. The number of benzene rings is 3. The molecule has 158 valence electrons. The standard InChI is InChI=1S/C25H25N3O3/c1-18-7-9-21(10-8-18)17-31-22-13-11-20(12-14-22)15-27-28-24(29)16-26-25(30)23-6-4-3-5-19(23)2/h3-15H,16-17H2,1-2H3,(H,26,30)(H,28,29). The van der Waals surface area contributed by atoms with Gasteiger partial charge in [-0.25, -0.2) is 5.43 Å². The molecule has 3 rings (SSSR count). The Morgan fingerprint density at radius 3 is 2.35 bits per heavy atom. The number of ether oxygens (including phenoxy) is 1. The number of nitrogens with zero attached hydrogens (tertiary/aromatic N) is 1. The van der Waals surface area contributed by atoms with Crippen LogP contribution in [0.3, 0.4) is 0 Å². The molecule has 0 spiro atoms. The zero-order valence-corrected chi connectivity index (χ0v) is 17.6. The Kier molecular flexibility index (Phi) is 7.54. The van der Waals surface area contributed by atoms with Crippen molar-refractivity contribution in [3.8, 4) is 5.75 Å². The lowest BCUT2D eigenvalue weighted by Crippen LogP contribution is -2.35. The summed E-state index contributed by atoms with van der Waals surface area (Å²) in [7, 11) is 0. The van der Waals surface area contributed by atoms with Crippen LogP contribution in [-0.2, 0) is 11.4 Å². The van der Waals surface area contributed by atoms with E-state index in [2.05, 4.69) is 34.9 Å². The summed E-state index contributed by atoms with van der Waals surface area (Å²) in [5.74, 6) is 0.0513. The Labute approximate surface area is 182 Å². The predicted molar refractivity (Wildman–Crippen MR) is 121 cm³/mol. The molecule has 0 unspecified atom stereocenters. The molecule has 0 fully saturated rings. The quantitative estimate of drug-likeness (QED) is 0.434. The van der Waals surface area contributed by atoms with Gasteiger partial charge in [0.05, 0.1) is 12.8 Å². The van der Waals surface area contributed by atoms with E-state index < -0.39 is 5.91 Å². The molecule has 6 nitrogen and oxygen atoms in total. The van der Waals surface area contributed by atoms with E-state index in [0.717, 1.165) is 22.4 Å². The first-order chi connectivity index (χ1) is 15.0. The summed E-state index contributed by atoms with van der Waals surface area (Å²) in [5, 5.41) is 6.51. The van der Waals surface area contributed by atoms with E-state index >= 15 is 0 Å². The van der Waals surface area contributed by atoms with E-state index in [-0.39, 0.29) is 12.5 Å². The van der Waals surface area contributed by atoms with Crippen molar-refractivity contribution in [1.29, 1.82) is 0 Å². The largest absolute Gasteiger partial charge is 0.489 e. The maximum atomic E-state index is 12.1. The maximum Gasteiger partial charge on any atom is 0.259 e. The van der Waals surface area contributed by atoms with Gasteiger partial charge in [0.2, 0.25) is 0 Å². The van der Waals surface area contributed by atoms with Gasteiger partial charge in [-0.2, -0.15) is 5.10 Å². The van der Waals surface area contributed by atoms with E-state index in [0.29, 0.717) is 12.2 Å². The summed E-state index contributed by atoms with van der Waals surface area (Å²) in [6.07, 6.45) is 1.53. The van der Waals surface area contributed by atoms with Gasteiger partial charge >= 0.3 is 0 Å². The van der Waals surface area contributed by atoms with Gasteiger partial charge < -0.3 is 10.1 Å². The first-order valence-corrected chi connectivity index (χ1v) is 9.95. The summed E-state index contributed by atoms with van der Waals surface area (Å²) in [6.45, 7) is 4.24. The fraction of sp³-hybridized carbons (Fsp3) is 0.160. The van der Waals surface area contributed by atoms with Gasteiger partial charge in [-0.15, -0.1) is 0 Å². The zero-order chi connectivity index (χ0) is 22.1. The summed E-state index contributed by atoms with van der Waals surface area (Å²) in [6, 6.07) is 22.8. The number of aryl methyl sites for hydroxylation is 2. The molecule has 6 heteroatoms. The molecule has 0 heterocycles. The van der Waals surface area contributed by atoms with Crippen molar-refractivity contribution in [2.75, 3.05) is 6.54 Å². The number of nitrogens with one attached hydrogen (secondary N) is 2. The third-order valence-electron chi connectivity index (χ3n) is 4.61. The molecule has 0 aliphatic carbocycles. The summed E-state index contributed by atoms with van der Waals surface area (Å²) >= 11 is 0. The van der Waals surface area contributed by atoms with Crippen molar-refractivity contribution in [3.05, 3.63) is 101 Å². The molecule has 31 heavy (non-hydrogen) atoms. The van der Waals surface area contributed by atoms with Crippen LogP contribution in [0.1, 0.15) is 32.6 Å². The number of hydrogen-bond acceptors (Lipinski definition) is 4. The molecule has 0 aromatic heterocycles. The number of carbonyl (C=O) groups is 2. The van der Waals surface area contributed by atoms with Crippen LogP contribution in [0.25, 0.3) is 0 Å². The van der Waals surface area contributed by atoms with Crippen molar-refractivity contribution in [2.24, 2.45) is 5.10 Å². The normalized spacial score (nSPS) is 10.6. The molecule has 0 bridgehead atoms. The lowest BCUT2D eigenvalue weighted by atomic mass is 10.1. The molecule has 0 saturated heterocycles. The van der Waals surface area contributed by atoms with Crippen LogP contribution >= 0.6 is 0 Å². The highest BCUT2D eigenvalue weighted by molar-refractivity contribution is 5.97. The Morgan fingerprint density at radius 2 is 1.65 bits per heavy atom. The lowest BCUT2D eigenvalue weighted by Gasteiger charge is -2.07. The van der Waals surface area contributed by atoms with Crippen molar-refractivity contribution < 1.29 is 14.3 Å². The van der Waals surface area contributed by atoms with Gasteiger partial charge in [0.25, 0.3) is 11.8 Å². The average molecular weight is 415 g/mol. The van der Waals surface area contributed by atoms with Crippen molar-refractivity contribution in [1.82, 2.24) is 10.7 Å². The van der Waals surface area contributed by atoms with E-state index in [1.54, 1.807) is 12.1 Å². The van der Waals surface area contributed by atoms with Gasteiger partial charge in [0, 0.05) is 5.56 Å². The van der Waals surface area contributed by atoms with Gasteiger partial charge in [-0.05, 0) is 60.9 Å². The van der Waals surface area contributed by atoms with Crippen molar-refractivity contribution >= 4 is 18.0 Å². The van der Waals surface area contributed by atoms with E-state index in [4.69, 9.17) is 4.74 Å². The number of hydrogen-bond donors (Lipinski definition) is 2. The smallest absolute Gasteiger partial charge is 0.259 e. The summed E-state index contributed by atoms with van der Waals surface area (Å²) in [5.41, 5.74) is 6.93. The minimum Gasteiger partial charge on any atom is -0.489 e. The molecule has 3 aromatic rings. The fourth-order valence-electron chi connectivity index (χ4n) is 2.80. The second kappa shape index (κ2) is 10.7. The number of hydrazone groups is 1. The van der Waals surface area contributed by atoms with Crippen molar-refractivity contribution in [2.45, 2.75) is 20.5 Å². The molecular weight excluding hydrogens is 390 g/mol. The molecule has 0 aliphatic heterocycles. The maximum absolute atomic E-state index is 12.1. The summed E-state index contributed by atoms with van der Waals surface area (Å²) in [4.78, 5) is 24.0. The minimum absolute atomic E-state index is 0.156. The Hall–Kier alpha value is -3.93. The van der Waals surface area contributed by atoms with Crippen LogP contribution < -0.4 is 15.5 Å². The molecule has 2 N–H and O–H groups in total. The average Bonchev–Trinajstić information content (AvgIpc) is 2.78. The minimum atomic E-state index is -0.406. The zero-order valence-electron chi connectivity index (χ0n) is 17.6. The van der Waals surface area contributed by atoms with Gasteiger partial charge in [0.15, 0.2) is 0 Å². The fourth-order valence-corrected chi connectivity index (χ4v) is 2.80. The number of amides is 2. The van der Waals surface area contributed by atoms with E-state index in [1.165, 1.54) is 11.8 Å². The predicted octanol–water partition coefficient (Wildman–Crippen LogP) is 3.76. The Morgan fingerprint density at radius 1 is 0.935 bits per heavy atom. The molecular formula is C25H25N3O3. The molecule has 0 radical (unpaired) electrons. The van der Waals surface area contributed by atoms with Crippen LogP contribution in [0.4, 0.5) is 0 Å². The topological polar surface area (TPSA) is 79.8 Å². The van der Waals surface area contributed by atoms with Crippen molar-refractivity contribution in [3.63, 3.8) is 0 Å². The van der Waals surface area contributed by atoms with Crippen LogP contribution in [0.15, 0.2) is 77.9 Å². The second-order valence-corrected chi connectivity index (χ2v) is 7.13. The van der Waals surface area contributed by atoms with E-state index in [1.807, 2.05) is 55.5 Å². The first-order valence-electron chi connectivity index (χ1n) is 9.95. The molecule has 0 atom stereocenters. The third-order valence-corrected chi connectivity index (χ3v) is 4.61. The Balaban J connectivity index is 1.41. The van der Waals surface area contributed by atoms with Gasteiger partial charge in [-0.1, -0.05) is 48.0 Å². The molecule has 2 amide bonds. The Bertz CT molecular complexity index is 1060. The number of carbonyl (C=O) groups excluding carboxylic acids is 2. The van der Waals surface area contributed by atoms with E-state index in [9.17, 15) is 9.59 Å². The number of rotatable bonds is 8.